The average molecular weight is 320 g/mol. The van der Waals surface area contributed by atoms with Crippen molar-refractivity contribution in [1.82, 2.24) is 0 Å². The fourth-order valence-electron chi connectivity index (χ4n) is 0.929. The molecule has 1 aromatic rings. The SMILES string of the molecule is C[C@H](N=Cc1cc(F)cc(Cl)c1[O-])C(=O)[O-].O.[Ni+2]. The van der Waals surface area contributed by atoms with Gasteiger partial charge in [0.1, 0.15) is 5.82 Å². The molecule has 0 unspecified atom stereocenters. The van der Waals surface area contributed by atoms with Gasteiger partial charge in [-0.2, -0.15) is 0 Å². The van der Waals surface area contributed by atoms with Crippen LogP contribution in [-0.2, 0) is 21.3 Å². The first kappa shape index (κ1) is 19.2. The Labute approximate surface area is 118 Å². The molecular weight excluding hydrogens is 311 g/mol. The predicted molar refractivity (Wildman–Crippen MR) is 56.5 cm³/mol. The van der Waals surface area contributed by atoms with Gasteiger partial charge >= 0.3 is 16.5 Å². The summed E-state index contributed by atoms with van der Waals surface area (Å²) in [6, 6.07) is 0.699. The molecule has 0 bridgehead atoms. The number of rotatable bonds is 3. The second-order valence-electron chi connectivity index (χ2n) is 3.08. The fourth-order valence-corrected chi connectivity index (χ4v) is 1.14. The summed E-state index contributed by atoms with van der Waals surface area (Å²) in [6.45, 7) is 1.28. The predicted octanol–water partition coefficient (Wildman–Crippen LogP) is -0.717. The monoisotopic (exact) mass is 319 g/mol. The summed E-state index contributed by atoms with van der Waals surface area (Å²) in [5, 5.41) is 21.4. The van der Waals surface area contributed by atoms with Gasteiger partial charge in [0.25, 0.3) is 0 Å². The molecule has 1 aromatic carbocycles. The van der Waals surface area contributed by atoms with Gasteiger partial charge < -0.3 is 20.5 Å². The van der Waals surface area contributed by atoms with Crippen molar-refractivity contribution >= 4 is 23.8 Å². The largest absolute Gasteiger partial charge is 2.00 e. The van der Waals surface area contributed by atoms with Gasteiger partial charge in [0, 0.05) is 11.2 Å². The maximum Gasteiger partial charge on any atom is 2.00 e. The van der Waals surface area contributed by atoms with Crippen molar-refractivity contribution in [2.45, 2.75) is 13.0 Å². The minimum atomic E-state index is -1.38. The summed E-state index contributed by atoms with van der Waals surface area (Å²) in [5.74, 6) is -2.67. The molecule has 1 rings (SSSR count). The van der Waals surface area contributed by atoms with E-state index in [4.69, 9.17) is 11.6 Å². The standard InChI is InChI=1S/C10H9ClFNO3.Ni.H2O/c1-5(10(15)16)13-4-6-2-7(12)3-8(11)9(6)14;;/h2-5,14H,1H3,(H,15,16);;1H2/q;+2;/p-2/t5-;;/m0../s1. The molecule has 0 aromatic heterocycles. The number of halogens is 2. The van der Waals surface area contributed by atoms with Gasteiger partial charge in [-0.25, -0.2) is 4.39 Å². The Bertz CT molecular complexity index is 456. The van der Waals surface area contributed by atoms with Crippen molar-refractivity contribution in [2.75, 3.05) is 0 Å². The number of aliphatic carboxylic acids is 1. The van der Waals surface area contributed by atoms with Crippen LogP contribution in [0.1, 0.15) is 12.5 Å². The normalized spacial score (nSPS) is 11.5. The Morgan fingerprint density at radius 1 is 1.56 bits per heavy atom. The molecule has 5 nitrogen and oxygen atoms in total. The molecule has 0 heterocycles. The third kappa shape index (κ3) is 5.00. The van der Waals surface area contributed by atoms with Gasteiger partial charge in [-0.15, -0.1) is 0 Å². The summed E-state index contributed by atoms with van der Waals surface area (Å²) in [5.41, 5.74) is -0.0990. The Kier molecular flexibility index (Phi) is 8.55. The maximum atomic E-state index is 12.9. The second-order valence-corrected chi connectivity index (χ2v) is 3.49. The number of aliphatic imine (C=N–C) groups is 1. The van der Waals surface area contributed by atoms with Crippen LogP contribution in [0.3, 0.4) is 0 Å². The Balaban J connectivity index is 0. The minimum absolute atomic E-state index is 0. The van der Waals surface area contributed by atoms with Gasteiger partial charge in [0.05, 0.1) is 12.0 Å². The average Bonchev–Trinajstić information content (AvgIpc) is 2.20. The zero-order chi connectivity index (χ0) is 12.3. The van der Waals surface area contributed by atoms with Crippen molar-refractivity contribution in [3.05, 3.63) is 28.5 Å². The van der Waals surface area contributed by atoms with Gasteiger partial charge in [-0.1, -0.05) is 17.4 Å². The molecule has 0 radical (unpaired) electrons. The van der Waals surface area contributed by atoms with Crippen LogP contribution < -0.4 is 10.2 Å². The fraction of sp³-hybridized carbons (Fsp3) is 0.200. The first-order valence-corrected chi connectivity index (χ1v) is 4.69. The van der Waals surface area contributed by atoms with Crippen LogP contribution in [-0.4, -0.2) is 23.7 Å². The molecule has 8 heteroatoms. The Hall–Kier alpha value is -1.17. The van der Waals surface area contributed by atoms with Gasteiger partial charge in [0.2, 0.25) is 0 Å². The molecule has 0 aliphatic carbocycles. The van der Waals surface area contributed by atoms with E-state index in [-0.39, 0.29) is 32.6 Å². The zero-order valence-corrected chi connectivity index (χ0v) is 10.8. The topological polar surface area (TPSA) is 107 Å². The van der Waals surface area contributed by atoms with E-state index in [1.165, 1.54) is 6.92 Å². The molecule has 0 saturated heterocycles. The number of carbonyl (C=O) groups is 1. The van der Waals surface area contributed by atoms with E-state index in [9.17, 15) is 19.4 Å². The molecule has 0 amide bonds. The molecule has 18 heavy (non-hydrogen) atoms. The number of benzene rings is 1. The third-order valence-electron chi connectivity index (χ3n) is 1.82. The van der Waals surface area contributed by atoms with E-state index in [1.807, 2.05) is 0 Å². The molecule has 0 fully saturated rings. The van der Waals surface area contributed by atoms with E-state index in [2.05, 4.69) is 4.99 Å². The zero-order valence-electron chi connectivity index (χ0n) is 9.05. The quantitative estimate of drug-likeness (QED) is 0.542. The molecule has 1 atom stereocenters. The number of carboxylic acids is 1. The van der Waals surface area contributed by atoms with Crippen molar-refractivity contribution in [1.29, 1.82) is 0 Å². The number of hydrogen-bond donors (Lipinski definition) is 0. The molecule has 0 spiro atoms. The van der Waals surface area contributed by atoms with Gasteiger partial charge in [-0.05, 0) is 24.6 Å². The summed E-state index contributed by atoms with van der Waals surface area (Å²) < 4.78 is 12.9. The Morgan fingerprint density at radius 3 is 2.61 bits per heavy atom. The second kappa shape index (κ2) is 8.03. The van der Waals surface area contributed by atoms with E-state index < -0.39 is 23.6 Å². The third-order valence-corrected chi connectivity index (χ3v) is 2.10. The van der Waals surface area contributed by atoms with E-state index in [0.717, 1.165) is 18.3 Å². The first-order valence-electron chi connectivity index (χ1n) is 4.32. The van der Waals surface area contributed by atoms with Crippen molar-refractivity contribution in [3.63, 3.8) is 0 Å². The maximum absolute atomic E-state index is 12.9. The van der Waals surface area contributed by atoms with Gasteiger partial charge in [0.15, 0.2) is 0 Å². The number of carbonyl (C=O) groups excluding carboxylic acids is 1. The molecule has 2 N–H and O–H groups in total. The van der Waals surface area contributed by atoms with Crippen LogP contribution in [0.25, 0.3) is 0 Å². The number of nitrogens with zero attached hydrogens (tertiary/aromatic N) is 1. The first-order chi connectivity index (χ1) is 7.41. The molecular formula is C10H9ClFNNiO4. The summed E-state index contributed by atoms with van der Waals surface area (Å²) in [4.78, 5) is 13.9. The van der Waals surface area contributed by atoms with Crippen molar-refractivity contribution < 1.29 is 41.4 Å². The summed E-state index contributed by atoms with van der Waals surface area (Å²) >= 11 is 5.45. The van der Waals surface area contributed by atoms with Crippen LogP contribution in [0.4, 0.5) is 4.39 Å². The summed E-state index contributed by atoms with van der Waals surface area (Å²) in [7, 11) is 0. The smallest absolute Gasteiger partial charge is 0.871 e. The summed E-state index contributed by atoms with van der Waals surface area (Å²) in [6.07, 6.45) is 0.970. The van der Waals surface area contributed by atoms with E-state index in [0.29, 0.717) is 0 Å². The van der Waals surface area contributed by atoms with Crippen LogP contribution in [0, 0.1) is 5.82 Å². The molecule has 102 valence electrons. The molecule has 0 saturated carbocycles. The molecule has 0 aliphatic rings. The van der Waals surface area contributed by atoms with Crippen LogP contribution in [0.2, 0.25) is 5.02 Å². The minimum Gasteiger partial charge on any atom is -0.871 e. The van der Waals surface area contributed by atoms with Crippen LogP contribution in [0.15, 0.2) is 17.1 Å². The van der Waals surface area contributed by atoms with Gasteiger partial charge in [-0.3, -0.25) is 4.99 Å². The van der Waals surface area contributed by atoms with Crippen LogP contribution in [0.5, 0.6) is 5.75 Å². The Morgan fingerprint density at radius 2 is 2.11 bits per heavy atom. The number of carboxylic acid groups (broad SMARTS) is 1. The van der Waals surface area contributed by atoms with E-state index >= 15 is 0 Å². The number of hydrogen-bond acceptors (Lipinski definition) is 4. The van der Waals surface area contributed by atoms with Crippen molar-refractivity contribution in [3.8, 4) is 5.75 Å². The van der Waals surface area contributed by atoms with Crippen LogP contribution >= 0.6 is 11.6 Å². The molecule has 0 aliphatic heterocycles. The van der Waals surface area contributed by atoms with Crippen molar-refractivity contribution in [2.24, 2.45) is 4.99 Å². The van der Waals surface area contributed by atoms with E-state index in [1.54, 1.807) is 0 Å².